The Kier molecular flexibility index (Phi) is 6.40. The number of aromatic nitrogens is 1. The number of hydrogen-bond donors (Lipinski definition) is 0. The molecule has 1 amide bonds. The zero-order chi connectivity index (χ0) is 21.1. The lowest BCUT2D eigenvalue weighted by atomic mass is 9.94. The van der Waals surface area contributed by atoms with Crippen LogP contribution in [-0.2, 0) is 14.8 Å². The number of halogens is 1. The van der Waals surface area contributed by atoms with Crippen LogP contribution < -0.4 is 4.90 Å². The van der Waals surface area contributed by atoms with E-state index < -0.39 is 10.0 Å². The van der Waals surface area contributed by atoms with Crippen LogP contribution in [0, 0.1) is 5.92 Å². The molecule has 2 aromatic rings. The average molecular weight is 493 g/mol. The van der Waals surface area contributed by atoms with E-state index >= 15 is 0 Å². The van der Waals surface area contributed by atoms with Gasteiger partial charge in [-0.25, -0.2) is 8.42 Å². The summed E-state index contributed by atoms with van der Waals surface area (Å²) in [5.41, 5.74) is 1.14. The molecule has 4 rings (SSSR count). The predicted octanol–water partition coefficient (Wildman–Crippen LogP) is 2.59. The van der Waals surface area contributed by atoms with Crippen molar-refractivity contribution < 1.29 is 13.2 Å². The van der Waals surface area contributed by atoms with Gasteiger partial charge in [0.05, 0.1) is 4.90 Å². The number of piperazine rings is 1. The lowest BCUT2D eigenvalue weighted by molar-refractivity contribution is -0.137. The topological polar surface area (TPSA) is 73.8 Å². The van der Waals surface area contributed by atoms with Gasteiger partial charge in [-0.3, -0.25) is 9.78 Å². The number of sulfonamides is 1. The van der Waals surface area contributed by atoms with E-state index in [2.05, 4.69) is 25.8 Å². The Morgan fingerprint density at radius 3 is 2.27 bits per heavy atom. The Morgan fingerprint density at radius 2 is 1.63 bits per heavy atom. The monoisotopic (exact) mass is 492 g/mol. The smallest absolute Gasteiger partial charge is 0.243 e. The first-order valence-corrected chi connectivity index (χ1v) is 12.4. The Bertz CT molecular complexity index is 986. The minimum atomic E-state index is -3.54. The molecule has 2 fully saturated rings. The number of amides is 1. The summed E-state index contributed by atoms with van der Waals surface area (Å²) in [5.74, 6) is 0.167. The van der Waals surface area contributed by atoms with Crippen LogP contribution in [0.15, 0.2) is 58.2 Å². The number of carbonyl (C=O) groups is 1. The van der Waals surface area contributed by atoms with Crippen molar-refractivity contribution in [2.75, 3.05) is 44.2 Å². The molecule has 30 heavy (non-hydrogen) atoms. The number of anilines is 1. The van der Waals surface area contributed by atoms with Gasteiger partial charge in [0.2, 0.25) is 15.9 Å². The lowest BCUT2D eigenvalue weighted by Crippen LogP contribution is -2.52. The van der Waals surface area contributed by atoms with Crippen LogP contribution in [0.5, 0.6) is 0 Å². The largest absolute Gasteiger partial charge is 0.371 e. The molecule has 1 aromatic carbocycles. The molecular weight excluding hydrogens is 468 g/mol. The normalized spacial score (nSPS) is 19.1. The van der Waals surface area contributed by atoms with E-state index in [9.17, 15) is 13.2 Å². The summed E-state index contributed by atoms with van der Waals surface area (Å²) in [6.07, 6.45) is 5.21. The summed E-state index contributed by atoms with van der Waals surface area (Å²) in [7, 11) is -3.54. The molecule has 0 saturated carbocycles. The molecular formula is C21H25BrN4O3S. The average Bonchev–Trinajstić information content (AvgIpc) is 2.79. The highest BCUT2D eigenvalue weighted by Crippen LogP contribution is 2.26. The van der Waals surface area contributed by atoms with Crippen LogP contribution in [0.2, 0.25) is 0 Å². The maximum absolute atomic E-state index is 13.0. The van der Waals surface area contributed by atoms with Gasteiger partial charge in [-0.15, -0.1) is 0 Å². The second-order valence-corrected chi connectivity index (χ2v) is 10.5. The summed E-state index contributed by atoms with van der Waals surface area (Å²) in [6, 6.07) is 10.7. The third-order valence-electron chi connectivity index (χ3n) is 5.86. The molecule has 0 N–H and O–H groups in total. The molecule has 0 atom stereocenters. The van der Waals surface area contributed by atoms with E-state index in [4.69, 9.17) is 0 Å². The number of benzene rings is 1. The molecule has 9 heteroatoms. The zero-order valence-electron chi connectivity index (χ0n) is 16.7. The minimum absolute atomic E-state index is 0.0105. The van der Waals surface area contributed by atoms with E-state index in [1.54, 1.807) is 36.7 Å². The summed E-state index contributed by atoms with van der Waals surface area (Å²) < 4.78 is 28.0. The maximum atomic E-state index is 13.0. The van der Waals surface area contributed by atoms with Crippen molar-refractivity contribution >= 4 is 37.5 Å². The summed E-state index contributed by atoms with van der Waals surface area (Å²) >= 11 is 3.33. The molecule has 0 bridgehead atoms. The van der Waals surface area contributed by atoms with E-state index in [1.807, 2.05) is 17.0 Å². The van der Waals surface area contributed by atoms with Crippen molar-refractivity contribution in [1.82, 2.24) is 14.2 Å². The van der Waals surface area contributed by atoms with E-state index in [1.165, 1.54) is 4.31 Å². The standard InChI is InChI=1S/C21H25BrN4O3S/c22-18-2-1-3-20(16-18)30(28,29)26-14-12-25(13-15-26)21(27)17-6-10-24(11-7-17)19-4-8-23-9-5-19/h1-5,8-9,16-17H,6-7,10-15H2. The van der Waals surface area contributed by atoms with Crippen LogP contribution >= 0.6 is 15.9 Å². The van der Waals surface area contributed by atoms with Gasteiger partial charge in [-0.2, -0.15) is 4.31 Å². The number of carbonyl (C=O) groups excluding carboxylic acids is 1. The minimum Gasteiger partial charge on any atom is -0.371 e. The lowest BCUT2D eigenvalue weighted by Gasteiger charge is -2.38. The SMILES string of the molecule is O=C(C1CCN(c2ccncc2)CC1)N1CCN(S(=O)(=O)c2cccc(Br)c2)CC1. The van der Waals surface area contributed by atoms with Crippen LogP contribution in [0.25, 0.3) is 0 Å². The molecule has 0 unspecified atom stereocenters. The molecule has 7 nitrogen and oxygen atoms in total. The molecule has 2 aliphatic rings. The number of hydrogen-bond acceptors (Lipinski definition) is 5. The fourth-order valence-electron chi connectivity index (χ4n) is 4.12. The molecule has 160 valence electrons. The Hall–Kier alpha value is -1.97. The fourth-order valence-corrected chi connectivity index (χ4v) is 6.14. The van der Waals surface area contributed by atoms with Gasteiger partial charge in [0.15, 0.2) is 0 Å². The Labute approximate surface area is 185 Å². The fraction of sp³-hybridized carbons (Fsp3) is 0.429. The van der Waals surface area contributed by atoms with Crippen LogP contribution in [0.1, 0.15) is 12.8 Å². The van der Waals surface area contributed by atoms with Gasteiger partial charge in [0, 0.05) is 67.7 Å². The summed E-state index contributed by atoms with van der Waals surface area (Å²) in [6.45, 7) is 3.23. The number of pyridine rings is 1. The number of nitrogens with zero attached hydrogens (tertiary/aromatic N) is 4. The first-order chi connectivity index (χ1) is 14.4. The van der Waals surface area contributed by atoms with Gasteiger partial charge < -0.3 is 9.80 Å². The second-order valence-electron chi connectivity index (χ2n) is 7.65. The molecule has 0 radical (unpaired) electrons. The molecule has 3 heterocycles. The third-order valence-corrected chi connectivity index (χ3v) is 8.24. The van der Waals surface area contributed by atoms with Crippen molar-refractivity contribution in [3.63, 3.8) is 0 Å². The van der Waals surface area contributed by atoms with E-state index in [0.717, 1.165) is 36.1 Å². The number of piperidine rings is 1. The van der Waals surface area contributed by atoms with Gasteiger partial charge in [-0.05, 0) is 43.2 Å². The highest BCUT2D eigenvalue weighted by atomic mass is 79.9. The molecule has 0 spiro atoms. The summed E-state index contributed by atoms with van der Waals surface area (Å²) in [4.78, 5) is 21.4. The van der Waals surface area contributed by atoms with Crippen LogP contribution in [-0.4, -0.2) is 67.8 Å². The molecule has 2 saturated heterocycles. The molecule has 0 aliphatic carbocycles. The number of rotatable bonds is 4. The van der Waals surface area contributed by atoms with Crippen molar-refractivity contribution in [3.8, 4) is 0 Å². The summed E-state index contributed by atoms with van der Waals surface area (Å²) in [5, 5.41) is 0. The Morgan fingerprint density at radius 1 is 0.967 bits per heavy atom. The third kappa shape index (κ3) is 4.53. The molecule has 1 aromatic heterocycles. The van der Waals surface area contributed by atoms with Gasteiger partial charge in [0.25, 0.3) is 0 Å². The maximum Gasteiger partial charge on any atom is 0.243 e. The molecule has 2 aliphatic heterocycles. The highest BCUT2D eigenvalue weighted by Gasteiger charge is 2.34. The first kappa shape index (κ1) is 21.3. The van der Waals surface area contributed by atoms with Gasteiger partial charge in [-0.1, -0.05) is 22.0 Å². The van der Waals surface area contributed by atoms with Crippen LogP contribution in [0.3, 0.4) is 0 Å². The van der Waals surface area contributed by atoms with Gasteiger partial charge >= 0.3 is 0 Å². The van der Waals surface area contributed by atoms with Crippen molar-refractivity contribution in [2.24, 2.45) is 5.92 Å². The van der Waals surface area contributed by atoms with E-state index in [-0.39, 0.29) is 16.7 Å². The van der Waals surface area contributed by atoms with Crippen molar-refractivity contribution in [3.05, 3.63) is 53.3 Å². The first-order valence-electron chi connectivity index (χ1n) is 10.1. The quantitative estimate of drug-likeness (QED) is 0.655. The van der Waals surface area contributed by atoms with Crippen molar-refractivity contribution in [1.29, 1.82) is 0 Å². The predicted molar refractivity (Wildman–Crippen MR) is 119 cm³/mol. The van der Waals surface area contributed by atoms with Crippen LogP contribution in [0.4, 0.5) is 5.69 Å². The Balaban J connectivity index is 1.32. The zero-order valence-corrected chi connectivity index (χ0v) is 19.1. The van der Waals surface area contributed by atoms with Crippen molar-refractivity contribution in [2.45, 2.75) is 17.7 Å². The highest BCUT2D eigenvalue weighted by molar-refractivity contribution is 9.10. The van der Waals surface area contributed by atoms with Gasteiger partial charge in [0.1, 0.15) is 0 Å². The second kappa shape index (κ2) is 9.03. The van der Waals surface area contributed by atoms with E-state index in [0.29, 0.717) is 26.2 Å².